The summed E-state index contributed by atoms with van der Waals surface area (Å²) >= 11 is 1.82. The lowest BCUT2D eigenvalue weighted by molar-refractivity contribution is 0.463. The first-order valence-electron chi connectivity index (χ1n) is 6.76. The van der Waals surface area contributed by atoms with Crippen molar-refractivity contribution >= 4 is 33.9 Å². The summed E-state index contributed by atoms with van der Waals surface area (Å²) in [7, 11) is 0. The van der Waals surface area contributed by atoms with Gasteiger partial charge >= 0.3 is 0 Å². The summed E-state index contributed by atoms with van der Waals surface area (Å²) in [4.78, 5) is 7.59. The Balaban J connectivity index is 0.000001000. The molecule has 0 aromatic carbocycles. The molecule has 0 unspecified atom stereocenters. The Morgan fingerprint density at radius 2 is 2.00 bits per heavy atom. The van der Waals surface area contributed by atoms with Crippen LogP contribution in [0, 0.1) is 0 Å². The van der Waals surface area contributed by atoms with Crippen LogP contribution < -0.4 is 0 Å². The second-order valence-corrected chi connectivity index (χ2v) is 6.46. The number of aliphatic imine (C=N–C) groups is 1. The second-order valence-electron chi connectivity index (χ2n) is 5.62. The second kappa shape index (κ2) is 4.41. The van der Waals surface area contributed by atoms with Crippen molar-refractivity contribution in [1.82, 2.24) is 4.90 Å². The molecule has 4 aliphatic rings. The van der Waals surface area contributed by atoms with Crippen molar-refractivity contribution < 1.29 is 0 Å². The Hall–Kier alpha value is -0.220. The molecule has 0 atom stereocenters. The van der Waals surface area contributed by atoms with Gasteiger partial charge in [-0.2, -0.15) is 0 Å². The highest BCUT2D eigenvalue weighted by molar-refractivity contribution is 8.93. The van der Waals surface area contributed by atoms with Gasteiger partial charge in [0.1, 0.15) is 0 Å². The maximum Gasteiger partial charge on any atom is 0.173 e. The lowest BCUT2D eigenvalue weighted by Crippen LogP contribution is -2.37. The minimum atomic E-state index is 0. The van der Waals surface area contributed by atoms with Crippen molar-refractivity contribution in [3.05, 3.63) is 22.4 Å². The highest BCUT2D eigenvalue weighted by atomic mass is 79.9. The molecule has 4 rings (SSSR count). The van der Waals surface area contributed by atoms with Crippen LogP contribution in [0.3, 0.4) is 0 Å². The first kappa shape index (κ1) is 12.8. The van der Waals surface area contributed by atoms with E-state index in [2.05, 4.69) is 17.2 Å². The largest absolute Gasteiger partial charge is 0.297 e. The molecule has 0 saturated heterocycles. The quantitative estimate of drug-likeness (QED) is 0.646. The van der Waals surface area contributed by atoms with Crippen molar-refractivity contribution in [2.24, 2.45) is 4.99 Å². The molecule has 4 heteroatoms. The normalized spacial score (nSPS) is 27.9. The third-order valence-electron chi connectivity index (χ3n) is 4.64. The molecule has 0 N–H and O–H groups in total. The third kappa shape index (κ3) is 1.58. The van der Waals surface area contributed by atoms with Gasteiger partial charge in [-0.25, -0.2) is 0 Å². The standard InChI is InChI=1S/C14H18N2S.BrH/c1-10-9-17-13-15-14(7-2-3-8-14)11-5-4-6-12(11)16(10)13;/h9H,2-8H2,1H3;1H. The Morgan fingerprint density at radius 1 is 1.22 bits per heavy atom. The van der Waals surface area contributed by atoms with E-state index >= 15 is 0 Å². The number of fused-ring (bicyclic) bond motifs is 3. The van der Waals surface area contributed by atoms with Crippen LogP contribution in [0.4, 0.5) is 0 Å². The van der Waals surface area contributed by atoms with E-state index in [1.54, 1.807) is 11.3 Å². The monoisotopic (exact) mass is 326 g/mol. The molecule has 98 valence electrons. The van der Waals surface area contributed by atoms with Crippen LogP contribution in [0.1, 0.15) is 51.9 Å². The Labute approximate surface area is 123 Å². The molecule has 0 radical (unpaired) electrons. The van der Waals surface area contributed by atoms with Gasteiger partial charge in [0.25, 0.3) is 0 Å². The van der Waals surface area contributed by atoms with E-state index in [0.717, 1.165) is 0 Å². The minimum absolute atomic E-state index is 0. The van der Waals surface area contributed by atoms with Gasteiger partial charge in [-0.15, -0.1) is 17.0 Å². The van der Waals surface area contributed by atoms with Crippen molar-refractivity contribution in [1.29, 1.82) is 0 Å². The van der Waals surface area contributed by atoms with Crippen LogP contribution in [0.15, 0.2) is 27.4 Å². The summed E-state index contributed by atoms with van der Waals surface area (Å²) in [5.41, 5.74) is 4.89. The molecule has 18 heavy (non-hydrogen) atoms. The number of halogens is 1. The zero-order valence-electron chi connectivity index (χ0n) is 10.7. The van der Waals surface area contributed by atoms with Gasteiger partial charge in [0.2, 0.25) is 0 Å². The smallest absolute Gasteiger partial charge is 0.173 e. The minimum Gasteiger partial charge on any atom is -0.297 e. The number of hydrogen-bond donors (Lipinski definition) is 0. The van der Waals surface area contributed by atoms with E-state index < -0.39 is 0 Å². The number of hydrogen-bond acceptors (Lipinski definition) is 3. The fourth-order valence-electron chi connectivity index (χ4n) is 3.90. The van der Waals surface area contributed by atoms with Crippen LogP contribution in [0.25, 0.3) is 0 Å². The first-order chi connectivity index (χ1) is 8.30. The zero-order chi connectivity index (χ0) is 11.5. The average Bonchev–Trinajstić information content (AvgIpc) is 2.99. The van der Waals surface area contributed by atoms with E-state index in [4.69, 9.17) is 4.99 Å². The van der Waals surface area contributed by atoms with Gasteiger partial charge < -0.3 is 0 Å². The molecule has 0 amide bonds. The topological polar surface area (TPSA) is 15.6 Å². The molecule has 0 aromatic rings. The van der Waals surface area contributed by atoms with Crippen LogP contribution in [-0.4, -0.2) is 15.6 Å². The molecule has 2 aliphatic heterocycles. The van der Waals surface area contributed by atoms with Crippen molar-refractivity contribution in [3.8, 4) is 0 Å². The van der Waals surface area contributed by atoms with Crippen LogP contribution >= 0.6 is 28.7 Å². The van der Waals surface area contributed by atoms with E-state index in [0.29, 0.717) is 0 Å². The first-order valence-corrected chi connectivity index (χ1v) is 7.64. The third-order valence-corrected chi connectivity index (χ3v) is 5.58. The Morgan fingerprint density at radius 3 is 2.78 bits per heavy atom. The van der Waals surface area contributed by atoms with Crippen molar-refractivity contribution in [3.63, 3.8) is 0 Å². The van der Waals surface area contributed by atoms with Gasteiger partial charge in [0, 0.05) is 11.4 Å². The average molecular weight is 327 g/mol. The molecule has 1 spiro atoms. The molecular formula is C14H19BrN2S. The van der Waals surface area contributed by atoms with Gasteiger partial charge in [-0.1, -0.05) is 24.6 Å². The molecule has 0 aromatic heterocycles. The summed E-state index contributed by atoms with van der Waals surface area (Å²) < 4.78 is 0. The lowest BCUT2D eigenvalue weighted by atomic mass is 9.86. The zero-order valence-corrected chi connectivity index (χ0v) is 13.3. The number of thioether (sulfide) groups is 1. The molecule has 2 heterocycles. The predicted octanol–water partition coefficient (Wildman–Crippen LogP) is 4.59. The SMILES string of the molecule is Br.CC1=CSC2=NC3(CCCC3)C3=C(CCC3)N12. The maximum atomic E-state index is 5.16. The molecule has 1 saturated carbocycles. The van der Waals surface area contributed by atoms with Crippen molar-refractivity contribution in [2.45, 2.75) is 57.4 Å². The fourth-order valence-corrected chi connectivity index (χ4v) is 4.87. The molecule has 0 bridgehead atoms. The maximum absolute atomic E-state index is 5.16. The molecule has 2 aliphatic carbocycles. The summed E-state index contributed by atoms with van der Waals surface area (Å²) in [5.74, 6) is 0. The Kier molecular flexibility index (Phi) is 3.14. The molecule has 2 nitrogen and oxygen atoms in total. The van der Waals surface area contributed by atoms with Crippen LogP contribution in [0.2, 0.25) is 0 Å². The van der Waals surface area contributed by atoms with Gasteiger partial charge in [-0.05, 0) is 50.0 Å². The summed E-state index contributed by atoms with van der Waals surface area (Å²) in [6.07, 6.45) is 9.22. The number of amidine groups is 1. The summed E-state index contributed by atoms with van der Waals surface area (Å²) in [6, 6.07) is 0. The van der Waals surface area contributed by atoms with Crippen molar-refractivity contribution in [2.75, 3.05) is 0 Å². The molecule has 1 fully saturated rings. The molecular weight excluding hydrogens is 308 g/mol. The van der Waals surface area contributed by atoms with E-state index in [-0.39, 0.29) is 22.5 Å². The summed E-state index contributed by atoms with van der Waals surface area (Å²) in [5, 5.41) is 3.51. The highest BCUT2D eigenvalue weighted by Gasteiger charge is 2.46. The number of allylic oxidation sites excluding steroid dienone is 2. The lowest BCUT2D eigenvalue weighted by Gasteiger charge is -2.37. The van der Waals surface area contributed by atoms with Gasteiger partial charge in [-0.3, -0.25) is 9.89 Å². The van der Waals surface area contributed by atoms with E-state index in [1.165, 1.54) is 55.8 Å². The van der Waals surface area contributed by atoms with Crippen LogP contribution in [0.5, 0.6) is 0 Å². The predicted molar refractivity (Wildman–Crippen MR) is 83.0 cm³/mol. The highest BCUT2D eigenvalue weighted by Crippen LogP contribution is 2.52. The number of nitrogens with zero attached hydrogens (tertiary/aromatic N) is 2. The van der Waals surface area contributed by atoms with Gasteiger partial charge in [0.05, 0.1) is 5.54 Å². The van der Waals surface area contributed by atoms with Crippen LogP contribution in [-0.2, 0) is 0 Å². The fraction of sp³-hybridized carbons (Fsp3) is 0.643. The summed E-state index contributed by atoms with van der Waals surface area (Å²) in [6.45, 7) is 2.21. The van der Waals surface area contributed by atoms with E-state index in [9.17, 15) is 0 Å². The number of rotatable bonds is 0. The Bertz CT molecular complexity index is 472. The van der Waals surface area contributed by atoms with Gasteiger partial charge in [0.15, 0.2) is 5.17 Å². The van der Waals surface area contributed by atoms with E-state index in [1.807, 2.05) is 11.8 Å².